The fourth-order valence-corrected chi connectivity index (χ4v) is 3.71. The first kappa shape index (κ1) is 22.3. The number of aromatic nitrogens is 3. The van der Waals surface area contributed by atoms with Crippen molar-refractivity contribution >= 4 is 35.0 Å². The Kier molecular flexibility index (Phi) is 7.12. The van der Waals surface area contributed by atoms with Gasteiger partial charge in [-0.3, -0.25) is 14.3 Å². The van der Waals surface area contributed by atoms with Crippen molar-refractivity contribution in [2.75, 3.05) is 19.4 Å². The lowest BCUT2D eigenvalue weighted by Crippen LogP contribution is -2.23. The number of halogens is 2. The fourth-order valence-electron chi connectivity index (χ4n) is 2.71. The van der Waals surface area contributed by atoms with Gasteiger partial charge in [0.15, 0.2) is 11.0 Å². The van der Waals surface area contributed by atoms with Crippen molar-refractivity contribution in [3.05, 3.63) is 65.2 Å². The Balaban J connectivity index is 1.87. The number of carbonyl (C=O) groups excluding carboxylic acids is 1. The Morgan fingerprint density at radius 1 is 1.17 bits per heavy atom. The number of nitrogens with zero attached hydrogens (tertiary/aromatic N) is 4. The van der Waals surface area contributed by atoms with Gasteiger partial charge in [0.05, 0.1) is 11.3 Å². The molecule has 0 saturated carbocycles. The summed E-state index contributed by atoms with van der Waals surface area (Å²) in [6.07, 6.45) is 0. The van der Waals surface area contributed by atoms with E-state index >= 15 is 0 Å². The highest BCUT2D eigenvalue weighted by Gasteiger charge is 2.24. The van der Waals surface area contributed by atoms with E-state index in [0.29, 0.717) is 15.9 Å². The van der Waals surface area contributed by atoms with Gasteiger partial charge in [-0.05, 0) is 70.4 Å². The van der Waals surface area contributed by atoms with Crippen LogP contribution in [0.25, 0.3) is 5.69 Å². The standard InChI is InChI=1S/C21H23ClFN5OS/c1-13(27(3)4)19-25-26-21(28(19)18-10-8-15(22)9-11-18)30-14(2)20(29)24-17-7-5-6-16(23)12-17/h5-14H,1-4H3,(H,24,29). The van der Waals surface area contributed by atoms with Gasteiger partial charge in [-0.25, -0.2) is 4.39 Å². The molecular weight excluding hydrogens is 425 g/mol. The van der Waals surface area contributed by atoms with Crippen LogP contribution < -0.4 is 5.32 Å². The van der Waals surface area contributed by atoms with E-state index in [1.165, 1.54) is 23.9 Å². The summed E-state index contributed by atoms with van der Waals surface area (Å²) in [5.41, 5.74) is 1.27. The van der Waals surface area contributed by atoms with Crippen molar-refractivity contribution in [2.45, 2.75) is 30.3 Å². The second-order valence-electron chi connectivity index (χ2n) is 7.05. The average Bonchev–Trinajstić information content (AvgIpc) is 3.11. The summed E-state index contributed by atoms with van der Waals surface area (Å²) in [7, 11) is 3.93. The molecule has 1 aromatic heterocycles. The zero-order valence-corrected chi connectivity index (χ0v) is 18.7. The highest BCUT2D eigenvalue weighted by atomic mass is 35.5. The van der Waals surface area contributed by atoms with Crippen molar-refractivity contribution in [3.8, 4) is 5.69 Å². The van der Waals surface area contributed by atoms with E-state index in [1.54, 1.807) is 31.2 Å². The Hall–Kier alpha value is -2.42. The van der Waals surface area contributed by atoms with Crippen LogP contribution in [0.5, 0.6) is 0 Å². The van der Waals surface area contributed by atoms with E-state index < -0.39 is 11.1 Å². The molecule has 1 heterocycles. The van der Waals surface area contributed by atoms with Gasteiger partial charge < -0.3 is 5.32 Å². The molecule has 3 rings (SSSR count). The molecule has 0 aliphatic carbocycles. The molecule has 1 amide bonds. The molecule has 0 saturated heterocycles. The van der Waals surface area contributed by atoms with E-state index in [2.05, 4.69) is 15.5 Å². The number of anilines is 1. The minimum Gasteiger partial charge on any atom is -0.325 e. The molecule has 0 aliphatic rings. The van der Waals surface area contributed by atoms with E-state index in [9.17, 15) is 9.18 Å². The third kappa shape index (κ3) is 5.19. The third-order valence-corrected chi connectivity index (χ3v) is 5.93. The van der Waals surface area contributed by atoms with E-state index in [-0.39, 0.29) is 11.9 Å². The van der Waals surface area contributed by atoms with Gasteiger partial charge in [-0.2, -0.15) is 0 Å². The summed E-state index contributed by atoms with van der Waals surface area (Å²) in [5, 5.41) is 12.2. The van der Waals surface area contributed by atoms with Crippen LogP contribution >= 0.6 is 23.4 Å². The van der Waals surface area contributed by atoms with Crippen molar-refractivity contribution < 1.29 is 9.18 Å². The number of nitrogens with one attached hydrogen (secondary N) is 1. The number of thioether (sulfide) groups is 1. The minimum absolute atomic E-state index is 0.000968. The molecule has 1 N–H and O–H groups in total. The zero-order chi connectivity index (χ0) is 21.8. The average molecular weight is 448 g/mol. The quantitative estimate of drug-likeness (QED) is 0.527. The van der Waals surface area contributed by atoms with Crippen LogP contribution in [-0.2, 0) is 4.79 Å². The van der Waals surface area contributed by atoms with Crippen molar-refractivity contribution in [3.63, 3.8) is 0 Å². The number of hydrogen-bond donors (Lipinski definition) is 1. The minimum atomic E-state index is -0.481. The number of amides is 1. The van der Waals surface area contributed by atoms with Crippen molar-refractivity contribution in [2.24, 2.45) is 0 Å². The summed E-state index contributed by atoms with van der Waals surface area (Å²) < 4.78 is 15.3. The Morgan fingerprint density at radius 3 is 2.50 bits per heavy atom. The summed E-state index contributed by atoms with van der Waals surface area (Å²) >= 11 is 7.33. The molecule has 158 valence electrons. The maximum absolute atomic E-state index is 13.4. The lowest BCUT2D eigenvalue weighted by Gasteiger charge is -2.21. The van der Waals surface area contributed by atoms with Crippen LogP contribution in [0.15, 0.2) is 53.7 Å². The fraction of sp³-hybridized carbons (Fsp3) is 0.286. The summed E-state index contributed by atoms with van der Waals surface area (Å²) in [4.78, 5) is 14.7. The van der Waals surface area contributed by atoms with E-state index in [0.717, 1.165) is 11.5 Å². The van der Waals surface area contributed by atoms with Gasteiger partial charge in [0.25, 0.3) is 0 Å². The Morgan fingerprint density at radius 2 is 1.87 bits per heavy atom. The predicted molar refractivity (Wildman–Crippen MR) is 119 cm³/mol. The normalized spacial score (nSPS) is 13.3. The van der Waals surface area contributed by atoms with Crippen LogP contribution in [0.2, 0.25) is 5.02 Å². The van der Waals surface area contributed by atoms with Gasteiger partial charge in [0.2, 0.25) is 5.91 Å². The summed E-state index contributed by atoms with van der Waals surface area (Å²) in [6, 6.07) is 13.2. The predicted octanol–water partition coefficient (Wildman–Crippen LogP) is 4.80. The van der Waals surface area contributed by atoms with Crippen molar-refractivity contribution in [1.29, 1.82) is 0 Å². The topological polar surface area (TPSA) is 63.1 Å². The molecule has 2 aromatic carbocycles. The van der Waals surface area contributed by atoms with E-state index in [4.69, 9.17) is 11.6 Å². The molecule has 30 heavy (non-hydrogen) atoms. The van der Waals surface area contributed by atoms with Gasteiger partial charge in [-0.15, -0.1) is 10.2 Å². The molecule has 2 unspecified atom stereocenters. The van der Waals surface area contributed by atoms with Crippen LogP contribution in [0.4, 0.5) is 10.1 Å². The molecule has 6 nitrogen and oxygen atoms in total. The molecular formula is C21H23ClFN5OS. The van der Waals surface area contributed by atoms with Gasteiger partial charge in [0, 0.05) is 16.4 Å². The molecule has 2 atom stereocenters. The second-order valence-corrected chi connectivity index (χ2v) is 8.80. The SMILES string of the molecule is CC(Sc1nnc(C(C)N(C)C)n1-c1ccc(Cl)cc1)C(=O)Nc1cccc(F)c1. The molecule has 0 radical (unpaired) electrons. The summed E-state index contributed by atoms with van der Waals surface area (Å²) in [5.74, 6) is 0.0962. The van der Waals surface area contributed by atoms with E-state index in [1.807, 2.05) is 42.6 Å². The molecule has 9 heteroatoms. The first-order valence-electron chi connectivity index (χ1n) is 9.37. The van der Waals surface area contributed by atoms with Crippen LogP contribution in [0.3, 0.4) is 0 Å². The van der Waals surface area contributed by atoms with Crippen LogP contribution in [0, 0.1) is 5.82 Å². The zero-order valence-electron chi connectivity index (χ0n) is 17.1. The molecule has 0 aliphatic heterocycles. The highest BCUT2D eigenvalue weighted by molar-refractivity contribution is 8.00. The van der Waals surface area contributed by atoms with Crippen LogP contribution in [0.1, 0.15) is 25.7 Å². The number of benzene rings is 2. The second kappa shape index (κ2) is 9.59. The third-order valence-electron chi connectivity index (χ3n) is 4.64. The lowest BCUT2D eigenvalue weighted by atomic mass is 10.2. The summed E-state index contributed by atoms with van der Waals surface area (Å²) in [6.45, 7) is 3.81. The highest BCUT2D eigenvalue weighted by Crippen LogP contribution is 2.30. The number of carbonyl (C=O) groups is 1. The monoisotopic (exact) mass is 447 g/mol. The van der Waals surface area contributed by atoms with Gasteiger partial charge in [0.1, 0.15) is 5.82 Å². The number of hydrogen-bond acceptors (Lipinski definition) is 5. The largest absolute Gasteiger partial charge is 0.325 e. The molecule has 0 bridgehead atoms. The molecule has 0 spiro atoms. The smallest absolute Gasteiger partial charge is 0.237 e. The Labute approximate surface area is 184 Å². The maximum atomic E-state index is 13.4. The molecule has 0 fully saturated rings. The van der Waals surface area contributed by atoms with Crippen molar-refractivity contribution in [1.82, 2.24) is 19.7 Å². The molecule has 3 aromatic rings. The van der Waals surface area contributed by atoms with Gasteiger partial charge in [-0.1, -0.05) is 29.4 Å². The van der Waals surface area contributed by atoms with Gasteiger partial charge >= 0.3 is 0 Å². The first-order chi connectivity index (χ1) is 14.3. The maximum Gasteiger partial charge on any atom is 0.237 e. The lowest BCUT2D eigenvalue weighted by molar-refractivity contribution is -0.115. The number of rotatable bonds is 7. The first-order valence-corrected chi connectivity index (χ1v) is 10.6. The Bertz CT molecular complexity index is 1020. The van der Waals surface area contributed by atoms with Crippen LogP contribution in [-0.4, -0.2) is 44.9 Å².